The Labute approximate surface area is 116 Å². The molecule has 0 fully saturated rings. The third-order valence-corrected chi connectivity index (χ3v) is 3.23. The lowest BCUT2D eigenvalue weighted by molar-refractivity contribution is -0.133. The molecule has 1 amide bonds. The SMILES string of the molecule is CCC(CC(=O)N(C)CC(C)(C)O)c1ccccc1. The van der Waals surface area contributed by atoms with E-state index in [4.69, 9.17) is 0 Å². The van der Waals surface area contributed by atoms with Crippen molar-refractivity contribution in [1.29, 1.82) is 0 Å². The second-order valence-electron chi connectivity index (χ2n) is 5.78. The average Bonchev–Trinajstić information content (AvgIpc) is 2.34. The van der Waals surface area contributed by atoms with Crippen LogP contribution < -0.4 is 0 Å². The maximum atomic E-state index is 12.2. The molecule has 106 valence electrons. The number of carbonyl (C=O) groups is 1. The molecule has 1 aromatic carbocycles. The van der Waals surface area contributed by atoms with Crippen molar-refractivity contribution in [2.75, 3.05) is 13.6 Å². The lowest BCUT2D eigenvalue weighted by atomic mass is 9.92. The van der Waals surface area contributed by atoms with Crippen LogP contribution in [0.4, 0.5) is 0 Å². The summed E-state index contributed by atoms with van der Waals surface area (Å²) in [5.41, 5.74) is 0.355. The average molecular weight is 263 g/mol. The van der Waals surface area contributed by atoms with Crippen molar-refractivity contribution < 1.29 is 9.90 Å². The van der Waals surface area contributed by atoms with Gasteiger partial charge in [-0.25, -0.2) is 0 Å². The van der Waals surface area contributed by atoms with E-state index in [2.05, 4.69) is 19.1 Å². The van der Waals surface area contributed by atoms with Gasteiger partial charge in [0.2, 0.25) is 5.91 Å². The van der Waals surface area contributed by atoms with Crippen molar-refractivity contribution in [3.05, 3.63) is 35.9 Å². The molecule has 1 rings (SSSR count). The minimum atomic E-state index is -0.848. The molecule has 0 spiro atoms. The predicted octanol–water partition coefficient (Wildman–Crippen LogP) is 2.80. The van der Waals surface area contributed by atoms with Crippen LogP contribution in [0.15, 0.2) is 30.3 Å². The first-order valence-electron chi connectivity index (χ1n) is 6.84. The minimum absolute atomic E-state index is 0.0813. The summed E-state index contributed by atoms with van der Waals surface area (Å²) in [5.74, 6) is 0.329. The summed E-state index contributed by atoms with van der Waals surface area (Å²) < 4.78 is 0. The lowest BCUT2D eigenvalue weighted by Crippen LogP contribution is -2.40. The molecule has 3 heteroatoms. The van der Waals surface area contributed by atoms with Gasteiger partial charge in [-0.2, -0.15) is 0 Å². The normalized spacial score (nSPS) is 13.1. The number of hydrogen-bond donors (Lipinski definition) is 1. The molecule has 3 nitrogen and oxygen atoms in total. The largest absolute Gasteiger partial charge is 0.389 e. The molecule has 0 saturated carbocycles. The van der Waals surface area contributed by atoms with E-state index in [0.29, 0.717) is 13.0 Å². The van der Waals surface area contributed by atoms with E-state index in [1.807, 2.05) is 18.2 Å². The van der Waals surface area contributed by atoms with E-state index in [1.165, 1.54) is 5.56 Å². The number of benzene rings is 1. The maximum absolute atomic E-state index is 12.2. The summed E-state index contributed by atoms with van der Waals surface area (Å²) in [6.45, 7) is 5.88. The smallest absolute Gasteiger partial charge is 0.223 e. The van der Waals surface area contributed by atoms with Crippen molar-refractivity contribution in [1.82, 2.24) is 4.90 Å². The Hall–Kier alpha value is -1.35. The van der Waals surface area contributed by atoms with Gasteiger partial charge in [-0.15, -0.1) is 0 Å². The molecule has 1 N–H and O–H groups in total. The van der Waals surface area contributed by atoms with Gasteiger partial charge in [-0.3, -0.25) is 4.79 Å². The first-order chi connectivity index (χ1) is 8.83. The third-order valence-electron chi connectivity index (χ3n) is 3.23. The van der Waals surface area contributed by atoms with Gasteiger partial charge in [0.25, 0.3) is 0 Å². The summed E-state index contributed by atoms with van der Waals surface area (Å²) in [4.78, 5) is 13.8. The second-order valence-corrected chi connectivity index (χ2v) is 5.78. The lowest BCUT2D eigenvalue weighted by Gasteiger charge is -2.27. The molecule has 0 bridgehead atoms. The Kier molecular flexibility index (Phi) is 5.55. The van der Waals surface area contributed by atoms with Gasteiger partial charge in [-0.05, 0) is 31.7 Å². The van der Waals surface area contributed by atoms with Gasteiger partial charge >= 0.3 is 0 Å². The van der Waals surface area contributed by atoms with E-state index >= 15 is 0 Å². The van der Waals surface area contributed by atoms with Gasteiger partial charge in [0.15, 0.2) is 0 Å². The molecule has 0 aromatic heterocycles. The van der Waals surface area contributed by atoms with Crippen LogP contribution >= 0.6 is 0 Å². The highest BCUT2D eigenvalue weighted by atomic mass is 16.3. The van der Waals surface area contributed by atoms with E-state index in [1.54, 1.807) is 25.8 Å². The number of likely N-dealkylation sites (N-methyl/N-ethyl adjacent to an activating group) is 1. The van der Waals surface area contributed by atoms with Crippen LogP contribution in [-0.2, 0) is 4.79 Å². The summed E-state index contributed by atoms with van der Waals surface area (Å²) in [6.07, 6.45) is 1.43. The highest BCUT2D eigenvalue weighted by Gasteiger charge is 2.22. The van der Waals surface area contributed by atoms with Gasteiger partial charge in [-0.1, -0.05) is 37.3 Å². The molecule has 1 atom stereocenters. The molecule has 0 saturated heterocycles. The van der Waals surface area contributed by atoms with Gasteiger partial charge in [0.05, 0.1) is 5.60 Å². The second kappa shape index (κ2) is 6.71. The van der Waals surface area contributed by atoms with E-state index in [9.17, 15) is 9.90 Å². The fourth-order valence-electron chi connectivity index (χ4n) is 2.26. The fraction of sp³-hybridized carbons (Fsp3) is 0.562. The quantitative estimate of drug-likeness (QED) is 0.857. The highest BCUT2D eigenvalue weighted by Crippen LogP contribution is 2.23. The Balaban J connectivity index is 2.64. The Morgan fingerprint density at radius 2 is 1.89 bits per heavy atom. The Morgan fingerprint density at radius 1 is 1.32 bits per heavy atom. The van der Waals surface area contributed by atoms with Crippen molar-refractivity contribution in [2.45, 2.75) is 45.1 Å². The Morgan fingerprint density at radius 3 is 2.37 bits per heavy atom. The van der Waals surface area contributed by atoms with Crippen molar-refractivity contribution >= 4 is 5.91 Å². The fourth-order valence-corrected chi connectivity index (χ4v) is 2.26. The van der Waals surface area contributed by atoms with Crippen molar-refractivity contribution in [3.63, 3.8) is 0 Å². The van der Waals surface area contributed by atoms with Crippen LogP contribution in [0.2, 0.25) is 0 Å². The molecular formula is C16H25NO2. The topological polar surface area (TPSA) is 40.5 Å². The predicted molar refractivity (Wildman–Crippen MR) is 78.0 cm³/mol. The number of aliphatic hydroxyl groups is 1. The van der Waals surface area contributed by atoms with E-state index in [-0.39, 0.29) is 11.8 Å². The highest BCUT2D eigenvalue weighted by molar-refractivity contribution is 5.76. The van der Waals surface area contributed by atoms with Crippen LogP contribution in [0.5, 0.6) is 0 Å². The van der Waals surface area contributed by atoms with Crippen molar-refractivity contribution in [2.24, 2.45) is 0 Å². The summed E-state index contributed by atoms with van der Waals surface area (Å²) in [7, 11) is 1.75. The van der Waals surface area contributed by atoms with Crippen LogP contribution in [0, 0.1) is 0 Å². The molecule has 0 heterocycles. The number of carbonyl (C=O) groups excluding carboxylic acids is 1. The monoisotopic (exact) mass is 263 g/mol. The zero-order valence-electron chi connectivity index (χ0n) is 12.4. The molecule has 0 aliphatic carbocycles. The minimum Gasteiger partial charge on any atom is -0.389 e. The molecular weight excluding hydrogens is 238 g/mol. The standard InChI is InChI=1S/C16H25NO2/c1-5-13(14-9-7-6-8-10-14)11-15(18)17(4)12-16(2,3)19/h6-10,13,19H,5,11-12H2,1-4H3. The van der Waals surface area contributed by atoms with Crippen LogP contribution in [0.3, 0.4) is 0 Å². The van der Waals surface area contributed by atoms with Gasteiger partial charge in [0.1, 0.15) is 0 Å². The zero-order chi connectivity index (χ0) is 14.5. The van der Waals surface area contributed by atoms with Gasteiger partial charge in [0, 0.05) is 20.0 Å². The van der Waals surface area contributed by atoms with Crippen LogP contribution in [-0.4, -0.2) is 35.1 Å². The van der Waals surface area contributed by atoms with Crippen LogP contribution in [0.25, 0.3) is 0 Å². The Bertz CT molecular complexity index is 395. The number of rotatable bonds is 6. The van der Waals surface area contributed by atoms with E-state index in [0.717, 1.165) is 6.42 Å². The molecule has 19 heavy (non-hydrogen) atoms. The molecule has 0 aliphatic rings. The third kappa shape index (κ3) is 5.43. The maximum Gasteiger partial charge on any atom is 0.223 e. The number of nitrogens with zero attached hydrogens (tertiary/aromatic N) is 1. The summed E-state index contributed by atoms with van der Waals surface area (Å²) in [6, 6.07) is 10.1. The molecule has 0 radical (unpaired) electrons. The molecule has 1 aromatic rings. The first-order valence-corrected chi connectivity index (χ1v) is 6.84. The first kappa shape index (κ1) is 15.7. The van der Waals surface area contributed by atoms with Gasteiger partial charge < -0.3 is 10.0 Å². The number of amides is 1. The van der Waals surface area contributed by atoms with Crippen LogP contribution in [0.1, 0.15) is 45.1 Å². The van der Waals surface area contributed by atoms with Crippen molar-refractivity contribution in [3.8, 4) is 0 Å². The molecule has 0 aliphatic heterocycles. The van der Waals surface area contributed by atoms with E-state index < -0.39 is 5.60 Å². The molecule has 1 unspecified atom stereocenters. The summed E-state index contributed by atoms with van der Waals surface area (Å²) in [5, 5.41) is 9.75. The number of hydrogen-bond acceptors (Lipinski definition) is 2. The summed E-state index contributed by atoms with van der Waals surface area (Å²) >= 11 is 0. The zero-order valence-corrected chi connectivity index (χ0v) is 12.4.